The van der Waals surface area contributed by atoms with Crippen molar-refractivity contribution >= 4 is 44.0 Å². The average molecular weight is 411 g/mol. The third-order valence-electron chi connectivity index (χ3n) is 4.31. The topological polar surface area (TPSA) is 109 Å². The maximum Gasteiger partial charge on any atom is 0.348 e. The number of nitro benzene ring substituents is 1. The van der Waals surface area contributed by atoms with E-state index < -0.39 is 16.5 Å². The summed E-state index contributed by atoms with van der Waals surface area (Å²) in [6, 6.07) is 12.2. The number of benzene rings is 2. The number of methoxy groups -OCH3 is 1. The molecule has 146 valence electrons. The molecule has 0 fully saturated rings. The lowest BCUT2D eigenvalue weighted by molar-refractivity contribution is -0.384. The first kappa shape index (κ1) is 18.6. The maximum absolute atomic E-state index is 12.5. The molecule has 2 aromatic carbocycles. The van der Waals surface area contributed by atoms with E-state index in [1.807, 2.05) is 0 Å². The van der Waals surface area contributed by atoms with Crippen LogP contribution < -0.4 is 10.4 Å². The number of hydrogen-bond donors (Lipinski definition) is 0. The van der Waals surface area contributed by atoms with Gasteiger partial charge in [-0.1, -0.05) is 0 Å². The average Bonchev–Trinajstić information content (AvgIpc) is 3.14. The van der Waals surface area contributed by atoms with Gasteiger partial charge in [0.15, 0.2) is 0 Å². The van der Waals surface area contributed by atoms with Crippen molar-refractivity contribution in [3.05, 3.63) is 79.5 Å². The molecular weight excluding hydrogens is 398 g/mol. The highest BCUT2D eigenvalue weighted by Gasteiger charge is 2.16. The zero-order valence-electron chi connectivity index (χ0n) is 15.0. The number of nitrogens with zero attached hydrogens (tertiary/aromatic N) is 1. The lowest BCUT2D eigenvalue weighted by Crippen LogP contribution is -2.06. The van der Waals surface area contributed by atoms with E-state index >= 15 is 0 Å². The third kappa shape index (κ3) is 3.67. The van der Waals surface area contributed by atoms with Crippen molar-refractivity contribution in [1.29, 1.82) is 0 Å². The highest BCUT2D eigenvalue weighted by molar-refractivity contribution is 7.20. The van der Waals surface area contributed by atoms with E-state index in [0.717, 1.165) is 4.70 Å². The number of rotatable bonds is 5. The fourth-order valence-electron chi connectivity index (χ4n) is 2.92. The Morgan fingerprint density at radius 1 is 1.17 bits per heavy atom. The van der Waals surface area contributed by atoms with Gasteiger partial charge in [-0.25, -0.2) is 9.59 Å². The van der Waals surface area contributed by atoms with E-state index in [1.165, 1.54) is 36.6 Å². The Kier molecular flexibility index (Phi) is 4.73. The van der Waals surface area contributed by atoms with Gasteiger partial charge in [0.05, 0.1) is 12.0 Å². The molecule has 0 N–H and O–H groups in total. The molecule has 0 aliphatic rings. The fourth-order valence-corrected chi connectivity index (χ4v) is 3.85. The number of carbonyl (C=O) groups excluding carboxylic acids is 1. The number of nitro groups is 1. The van der Waals surface area contributed by atoms with Crippen molar-refractivity contribution in [2.75, 3.05) is 7.11 Å². The summed E-state index contributed by atoms with van der Waals surface area (Å²) in [6.45, 7) is -0.123. The Labute approximate surface area is 167 Å². The van der Waals surface area contributed by atoms with Gasteiger partial charge in [0.1, 0.15) is 22.8 Å². The van der Waals surface area contributed by atoms with Gasteiger partial charge in [-0.2, -0.15) is 0 Å². The molecule has 0 spiro atoms. The standard InChI is InChI=1S/C20H13NO7S/c1-26-14-3-4-15-12(8-19(22)28-16(15)9-14)10-27-20(23)18-7-11-6-13(21(24)25)2-5-17(11)29-18/h2-9H,10H2,1H3. The van der Waals surface area contributed by atoms with E-state index in [2.05, 4.69) is 0 Å². The molecule has 0 unspecified atom stereocenters. The van der Waals surface area contributed by atoms with Crippen molar-refractivity contribution in [1.82, 2.24) is 0 Å². The van der Waals surface area contributed by atoms with Crippen LogP contribution in [0.15, 0.2) is 57.7 Å². The van der Waals surface area contributed by atoms with Crippen LogP contribution in [-0.4, -0.2) is 18.0 Å². The molecule has 0 saturated heterocycles. The number of carbonyl (C=O) groups is 1. The van der Waals surface area contributed by atoms with Crippen LogP contribution in [0.4, 0.5) is 5.69 Å². The minimum Gasteiger partial charge on any atom is -0.497 e. The molecule has 0 saturated carbocycles. The molecule has 8 nitrogen and oxygen atoms in total. The monoisotopic (exact) mass is 411 g/mol. The van der Waals surface area contributed by atoms with Gasteiger partial charge in [-0.3, -0.25) is 10.1 Å². The SMILES string of the molecule is COc1ccc2c(COC(=O)c3cc4cc([N+](=O)[O-])ccc4s3)cc(=O)oc2c1. The Morgan fingerprint density at radius 3 is 2.76 bits per heavy atom. The first-order valence-electron chi connectivity index (χ1n) is 8.40. The Morgan fingerprint density at radius 2 is 2.00 bits per heavy atom. The summed E-state index contributed by atoms with van der Waals surface area (Å²) >= 11 is 1.18. The second-order valence-electron chi connectivity index (χ2n) is 6.12. The van der Waals surface area contributed by atoms with Crippen molar-refractivity contribution < 1.29 is 23.6 Å². The molecule has 29 heavy (non-hydrogen) atoms. The number of ether oxygens (including phenoxy) is 2. The Hall–Kier alpha value is -3.72. The molecule has 0 aliphatic heterocycles. The number of non-ortho nitro benzene ring substituents is 1. The molecule has 0 bridgehead atoms. The van der Waals surface area contributed by atoms with Gasteiger partial charge in [0.25, 0.3) is 5.69 Å². The minimum absolute atomic E-state index is 0.0480. The van der Waals surface area contributed by atoms with Gasteiger partial charge in [0, 0.05) is 45.3 Å². The second kappa shape index (κ2) is 7.36. The Balaban J connectivity index is 1.59. The lowest BCUT2D eigenvalue weighted by atomic mass is 10.1. The molecule has 4 rings (SSSR count). The van der Waals surface area contributed by atoms with Crippen LogP contribution in [0.25, 0.3) is 21.1 Å². The number of esters is 1. The Bertz CT molecular complexity index is 1320. The van der Waals surface area contributed by atoms with E-state index in [4.69, 9.17) is 13.9 Å². The zero-order chi connectivity index (χ0) is 20.5. The van der Waals surface area contributed by atoms with Gasteiger partial charge < -0.3 is 13.9 Å². The largest absolute Gasteiger partial charge is 0.497 e. The second-order valence-corrected chi connectivity index (χ2v) is 7.20. The molecule has 0 aliphatic carbocycles. The van der Waals surface area contributed by atoms with E-state index in [0.29, 0.717) is 32.5 Å². The molecule has 0 amide bonds. The van der Waals surface area contributed by atoms with Gasteiger partial charge in [-0.15, -0.1) is 11.3 Å². The van der Waals surface area contributed by atoms with Crippen LogP contribution in [0.2, 0.25) is 0 Å². The lowest BCUT2D eigenvalue weighted by Gasteiger charge is -2.07. The van der Waals surface area contributed by atoms with Crippen molar-refractivity contribution in [2.24, 2.45) is 0 Å². The molecule has 0 radical (unpaired) electrons. The van der Waals surface area contributed by atoms with Gasteiger partial charge in [0.2, 0.25) is 0 Å². The van der Waals surface area contributed by atoms with Crippen LogP contribution in [0.5, 0.6) is 5.75 Å². The summed E-state index contributed by atoms with van der Waals surface area (Å²) in [5.74, 6) is -0.0436. The summed E-state index contributed by atoms with van der Waals surface area (Å²) in [5, 5.41) is 12.1. The van der Waals surface area contributed by atoms with Gasteiger partial charge >= 0.3 is 11.6 Å². The van der Waals surface area contributed by atoms with Gasteiger partial charge in [-0.05, 0) is 24.3 Å². The smallest absolute Gasteiger partial charge is 0.348 e. The predicted octanol–water partition coefficient (Wildman–Crippen LogP) is 4.28. The molecule has 4 aromatic rings. The normalized spacial score (nSPS) is 10.9. The summed E-state index contributed by atoms with van der Waals surface area (Å²) in [5.41, 5.74) is 0.222. The van der Waals surface area contributed by atoms with Crippen LogP contribution in [-0.2, 0) is 11.3 Å². The highest BCUT2D eigenvalue weighted by atomic mass is 32.1. The minimum atomic E-state index is -0.580. The summed E-state index contributed by atoms with van der Waals surface area (Å²) in [4.78, 5) is 35.0. The van der Waals surface area contributed by atoms with Crippen LogP contribution in [0, 0.1) is 10.1 Å². The van der Waals surface area contributed by atoms with Crippen LogP contribution in [0.1, 0.15) is 15.2 Å². The maximum atomic E-state index is 12.5. The molecule has 9 heteroatoms. The van der Waals surface area contributed by atoms with Crippen molar-refractivity contribution in [2.45, 2.75) is 6.61 Å². The highest BCUT2D eigenvalue weighted by Crippen LogP contribution is 2.30. The number of hydrogen-bond acceptors (Lipinski definition) is 8. The fraction of sp³-hybridized carbons (Fsp3) is 0.100. The van der Waals surface area contributed by atoms with Crippen LogP contribution in [0.3, 0.4) is 0 Å². The van der Waals surface area contributed by atoms with E-state index in [1.54, 1.807) is 30.3 Å². The summed E-state index contributed by atoms with van der Waals surface area (Å²) < 4.78 is 16.4. The molecular formula is C20H13NO7S. The first-order valence-corrected chi connectivity index (χ1v) is 9.22. The summed E-state index contributed by atoms with van der Waals surface area (Å²) in [7, 11) is 1.50. The zero-order valence-corrected chi connectivity index (χ0v) is 15.9. The molecule has 2 aromatic heterocycles. The number of fused-ring (bicyclic) bond motifs is 2. The quantitative estimate of drug-likeness (QED) is 0.209. The molecule has 0 atom stereocenters. The predicted molar refractivity (Wildman–Crippen MR) is 107 cm³/mol. The van der Waals surface area contributed by atoms with E-state index in [9.17, 15) is 19.7 Å². The van der Waals surface area contributed by atoms with E-state index in [-0.39, 0.29) is 12.3 Å². The third-order valence-corrected chi connectivity index (χ3v) is 5.40. The van der Waals surface area contributed by atoms with Crippen molar-refractivity contribution in [3.63, 3.8) is 0 Å². The van der Waals surface area contributed by atoms with Crippen molar-refractivity contribution in [3.8, 4) is 5.75 Å². The number of thiophene rings is 1. The summed E-state index contributed by atoms with van der Waals surface area (Å²) in [6.07, 6.45) is 0. The molecule has 2 heterocycles. The van der Waals surface area contributed by atoms with Crippen LogP contribution >= 0.6 is 11.3 Å². The first-order chi connectivity index (χ1) is 13.9.